The first-order chi connectivity index (χ1) is 7.74. The highest BCUT2D eigenvalue weighted by molar-refractivity contribution is 5.77. The van der Waals surface area contributed by atoms with E-state index in [2.05, 4.69) is 16.0 Å². The van der Waals surface area contributed by atoms with Crippen molar-refractivity contribution in [3.8, 4) is 0 Å². The number of amides is 2. The summed E-state index contributed by atoms with van der Waals surface area (Å²) in [5.41, 5.74) is 0. The molecule has 2 amide bonds. The van der Waals surface area contributed by atoms with Crippen LogP contribution in [0.25, 0.3) is 0 Å². The van der Waals surface area contributed by atoms with Gasteiger partial charge in [-0.25, -0.2) is 0 Å². The molecule has 0 bridgehead atoms. The number of rotatable bonds is 5. The molecule has 2 fully saturated rings. The first-order valence-electron chi connectivity index (χ1n) is 6.03. The molecule has 0 aromatic heterocycles. The fourth-order valence-electron chi connectivity index (χ4n) is 1.82. The van der Waals surface area contributed by atoms with Crippen molar-refractivity contribution in [3.05, 3.63) is 0 Å². The molecule has 5 heteroatoms. The Morgan fingerprint density at radius 2 is 2.12 bits per heavy atom. The molecule has 1 heterocycles. The van der Waals surface area contributed by atoms with Crippen molar-refractivity contribution >= 4 is 11.8 Å². The maximum absolute atomic E-state index is 11.4. The largest absolute Gasteiger partial charge is 0.355 e. The van der Waals surface area contributed by atoms with Crippen LogP contribution in [-0.2, 0) is 9.59 Å². The van der Waals surface area contributed by atoms with E-state index in [0.717, 1.165) is 19.3 Å². The summed E-state index contributed by atoms with van der Waals surface area (Å²) >= 11 is 0. The van der Waals surface area contributed by atoms with Crippen molar-refractivity contribution in [2.45, 2.75) is 44.2 Å². The van der Waals surface area contributed by atoms with Gasteiger partial charge in [0, 0.05) is 38.0 Å². The van der Waals surface area contributed by atoms with E-state index in [9.17, 15) is 9.59 Å². The monoisotopic (exact) mass is 225 g/mol. The summed E-state index contributed by atoms with van der Waals surface area (Å²) in [6, 6.07) is 0.771. The van der Waals surface area contributed by atoms with Gasteiger partial charge in [0.15, 0.2) is 0 Å². The Labute approximate surface area is 95.3 Å². The number of carbonyl (C=O) groups is 2. The molecule has 0 aromatic carbocycles. The van der Waals surface area contributed by atoms with E-state index in [1.807, 2.05) is 0 Å². The minimum Gasteiger partial charge on any atom is -0.355 e. The molecule has 1 aliphatic carbocycles. The highest BCUT2D eigenvalue weighted by atomic mass is 16.2. The van der Waals surface area contributed by atoms with Crippen molar-refractivity contribution in [1.29, 1.82) is 0 Å². The Hall–Kier alpha value is -1.10. The van der Waals surface area contributed by atoms with Gasteiger partial charge in [0.2, 0.25) is 11.8 Å². The lowest BCUT2D eigenvalue weighted by Gasteiger charge is -2.23. The van der Waals surface area contributed by atoms with Gasteiger partial charge in [0.1, 0.15) is 0 Å². The normalized spacial score (nSPS) is 25.0. The molecule has 5 nitrogen and oxygen atoms in total. The maximum atomic E-state index is 11.4. The highest BCUT2D eigenvalue weighted by Gasteiger charge is 2.23. The Kier molecular flexibility index (Phi) is 3.77. The number of hydrogen-bond acceptors (Lipinski definition) is 3. The summed E-state index contributed by atoms with van der Waals surface area (Å²) in [4.78, 5) is 22.3. The molecule has 1 aliphatic heterocycles. The van der Waals surface area contributed by atoms with Gasteiger partial charge in [0.25, 0.3) is 0 Å². The second kappa shape index (κ2) is 5.30. The number of hydrogen-bond donors (Lipinski definition) is 3. The van der Waals surface area contributed by atoms with Crippen molar-refractivity contribution in [1.82, 2.24) is 16.0 Å². The van der Waals surface area contributed by atoms with E-state index >= 15 is 0 Å². The van der Waals surface area contributed by atoms with E-state index in [1.165, 1.54) is 0 Å². The molecule has 1 unspecified atom stereocenters. The maximum Gasteiger partial charge on any atom is 0.221 e. The molecule has 0 radical (unpaired) electrons. The van der Waals surface area contributed by atoms with Crippen LogP contribution in [0.5, 0.6) is 0 Å². The third kappa shape index (κ3) is 3.81. The summed E-state index contributed by atoms with van der Waals surface area (Å²) in [6.45, 7) is 1.38. The Morgan fingerprint density at radius 3 is 2.75 bits per heavy atom. The van der Waals surface area contributed by atoms with Gasteiger partial charge in [-0.3, -0.25) is 9.59 Å². The van der Waals surface area contributed by atoms with E-state index in [-0.39, 0.29) is 11.8 Å². The van der Waals surface area contributed by atoms with Gasteiger partial charge in [-0.05, 0) is 19.3 Å². The summed E-state index contributed by atoms with van der Waals surface area (Å²) in [7, 11) is 0. The Balaban J connectivity index is 1.53. The highest BCUT2D eigenvalue weighted by Crippen LogP contribution is 2.18. The Morgan fingerprint density at radius 1 is 1.31 bits per heavy atom. The third-order valence-corrected chi connectivity index (χ3v) is 2.99. The van der Waals surface area contributed by atoms with E-state index < -0.39 is 0 Å². The summed E-state index contributed by atoms with van der Waals surface area (Å²) in [5, 5.41) is 9.05. The molecule has 1 atom stereocenters. The first-order valence-corrected chi connectivity index (χ1v) is 6.03. The van der Waals surface area contributed by atoms with Crippen LogP contribution in [0.1, 0.15) is 32.1 Å². The van der Waals surface area contributed by atoms with Crippen LogP contribution in [0, 0.1) is 0 Å². The topological polar surface area (TPSA) is 70.2 Å². The van der Waals surface area contributed by atoms with Gasteiger partial charge in [-0.1, -0.05) is 0 Å². The predicted octanol–water partition coefficient (Wildman–Crippen LogP) is -0.477. The van der Waals surface area contributed by atoms with Crippen molar-refractivity contribution in [3.63, 3.8) is 0 Å². The van der Waals surface area contributed by atoms with E-state index in [0.29, 0.717) is 38.0 Å². The fourth-order valence-corrected chi connectivity index (χ4v) is 1.82. The van der Waals surface area contributed by atoms with Crippen LogP contribution in [0.2, 0.25) is 0 Å². The number of carbonyl (C=O) groups excluding carboxylic acids is 2. The van der Waals surface area contributed by atoms with Crippen molar-refractivity contribution in [2.75, 3.05) is 13.1 Å². The van der Waals surface area contributed by atoms with Crippen LogP contribution in [0.3, 0.4) is 0 Å². The first kappa shape index (κ1) is 11.4. The minimum absolute atomic E-state index is 0.129. The van der Waals surface area contributed by atoms with Crippen molar-refractivity contribution < 1.29 is 9.59 Å². The molecule has 1 saturated carbocycles. The zero-order valence-electron chi connectivity index (χ0n) is 9.42. The molecule has 0 aromatic rings. The van der Waals surface area contributed by atoms with E-state index in [1.54, 1.807) is 0 Å². The zero-order chi connectivity index (χ0) is 11.4. The summed E-state index contributed by atoms with van der Waals surface area (Å²) in [6.07, 6.45) is 4.25. The predicted molar refractivity (Wildman–Crippen MR) is 59.8 cm³/mol. The van der Waals surface area contributed by atoms with Crippen LogP contribution >= 0.6 is 0 Å². The third-order valence-electron chi connectivity index (χ3n) is 2.99. The zero-order valence-corrected chi connectivity index (χ0v) is 9.42. The van der Waals surface area contributed by atoms with E-state index in [4.69, 9.17) is 0 Å². The lowest BCUT2D eigenvalue weighted by Crippen LogP contribution is -2.46. The molecule has 0 spiro atoms. The molecular weight excluding hydrogens is 206 g/mol. The molecule has 2 rings (SSSR count). The minimum atomic E-state index is 0.129. The standard InChI is InChI=1S/C11H19N3O2/c15-10-4-3-9(7-13-10)12-6-5-11(16)14-8-1-2-8/h8-9,12H,1-7H2,(H,13,15)(H,14,16). The molecule has 16 heavy (non-hydrogen) atoms. The number of nitrogens with one attached hydrogen (secondary N) is 3. The van der Waals surface area contributed by atoms with Crippen LogP contribution in [-0.4, -0.2) is 37.0 Å². The lowest BCUT2D eigenvalue weighted by atomic mass is 10.1. The van der Waals surface area contributed by atoms with Gasteiger partial charge in [0.05, 0.1) is 0 Å². The van der Waals surface area contributed by atoms with Gasteiger partial charge in [-0.2, -0.15) is 0 Å². The molecular formula is C11H19N3O2. The lowest BCUT2D eigenvalue weighted by molar-refractivity contribution is -0.123. The van der Waals surface area contributed by atoms with Gasteiger partial charge < -0.3 is 16.0 Å². The van der Waals surface area contributed by atoms with Crippen molar-refractivity contribution in [2.24, 2.45) is 0 Å². The second-order valence-corrected chi connectivity index (χ2v) is 4.59. The smallest absolute Gasteiger partial charge is 0.221 e. The number of piperidine rings is 1. The summed E-state index contributed by atoms with van der Waals surface area (Å²) in [5.74, 6) is 0.263. The average Bonchev–Trinajstić information content (AvgIpc) is 3.05. The Bertz CT molecular complexity index is 266. The quantitative estimate of drug-likeness (QED) is 0.592. The molecule has 2 aliphatic rings. The van der Waals surface area contributed by atoms with Gasteiger partial charge in [-0.15, -0.1) is 0 Å². The molecule has 3 N–H and O–H groups in total. The van der Waals surface area contributed by atoms with Crippen LogP contribution in [0.15, 0.2) is 0 Å². The van der Waals surface area contributed by atoms with Gasteiger partial charge >= 0.3 is 0 Å². The van der Waals surface area contributed by atoms with Crippen LogP contribution < -0.4 is 16.0 Å². The summed E-state index contributed by atoms with van der Waals surface area (Å²) < 4.78 is 0. The molecule has 1 saturated heterocycles. The SMILES string of the molecule is O=C1CCC(NCCC(=O)NC2CC2)CN1. The molecule has 90 valence electrons. The fraction of sp³-hybridized carbons (Fsp3) is 0.818. The average molecular weight is 225 g/mol. The second-order valence-electron chi connectivity index (χ2n) is 4.59. The van der Waals surface area contributed by atoms with Crippen LogP contribution in [0.4, 0.5) is 0 Å².